The molecule has 0 atom stereocenters. The number of benzene rings is 1. The first-order chi connectivity index (χ1) is 13.4. The lowest BCUT2D eigenvalue weighted by Crippen LogP contribution is -2.26. The maximum absolute atomic E-state index is 12.9. The van der Waals surface area contributed by atoms with Crippen LogP contribution >= 0.6 is 24.0 Å². The first-order valence-electron chi connectivity index (χ1n) is 8.69. The van der Waals surface area contributed by atoms with Crippen molar-refractivity contribution in [1.29, 1.82) is 10.7 Å². The van der Waals surface area contributed by atoms with E-state index >= 15 is 0 Å². The second-order valence-corrected chi connectivity index (χ2v) is 7.40. The van der Waals surface area contributed by atoms with Crippen LogP contribution in [0.2, 0.25) is 0 Å². The van der Waals surface area contributed by atoms with Crippen molar-refractivity contribution < 1.29 is 5.11 Å². The number of nitriles is 1. The molecule has 8 heteroatoms. The van der Waals surface area contributed by atoms with Gasteiger partial charge in [-0.05, 0) is 37.7 Å². The molecule has 0 aliphatic carbocycles. The SMILES string of the molecule is CCn1c(O)c(C=C2SC(=N)C(C#N)=C2c2ccccc2)c(=O)n(CC)c1=S. The highest BCUT2D eigenvalue weighted by Gasteiger charge is 2.28. The van der Waals surface area contributed by atoms with Crippen LogP contribution in [0.1, 0.15) is 25.0 Å². The van der Waals surface area contributed by atoms with Crippen molar-refractivity contribution in [2.45, 2.75) is 26.9 Å². The molecule has 1 aromatic carbocycles. The zero-order valence-corrected chi connectivity index (χ0v) is 17.0. The fourth-order valence-corrected chi connectivity index (χ4v) is 4.48. The van der Waals surface area contributed by atoms with Crippen molar-refractivity contribution in [3.8, 4) is 11.9 Å². The average Bonchev–Trinajstić information content (AvgIpc) is 3.01. The van der Waals surface area contributed by atoms with Gasteiger partial charge in [0, 0.05) is 23.6 Å². The minimum atomic E-state index is -0.396. The van der Waals surface area contributed by atoms with Crippen LogP contribution < -0.4 is 5.56 Å². The summed E-state index contributed by atoms with van der Waals surface area (Å²) in [5, 5.41) is 28.5. The van der Waals surface area contributed by atoms with Gasteiger partial charge in [0.05, 0.1) is 5.57 Å². The van der Waals surface area contributed by atoms with Crippen molar-refractivity contribution in [3.63, 3.8) is 0 Å². The van der Waals surface area contributed by atoms with Crippen molar-refractivity contribution in [3.05, 3.63) is 67.1 Å². The van der Waals surface area contributed by atoms with Crippen molar-refractivity contribution in [1.82, 2.24) is 9.13 Å². The first kappa shape index (κ1) is 19.9. The van der Waals surface area contributed by atoms with E-state index < -0.39 is 5.56 Å². The summed E-state index contributed by atoms with van der Waals surface area (Å²) in [5.41, 5.74) is 1.32. The Morgan fingerprint density at radius 3 is 2.46 bits per heavy atom. The Kier molecular flexibility index (Phi) is 5.68. The Morgan fingerprint density at radius 1 is 1.25 bits per heavy atom. The van der Waals surface area contributed by atoms with Crippen LogP contribution in [0.15, 0.2) is 45.6 Å². The quantitative estimate of drug-likeness (QED) is 0.738. The van der Waals surface area contributed by atoms with Gasteiger partial charge in [-0.1, -0.05) is 42.1 Å². The Morgan fingerprint density at radius 2 is 1.89 bits per heavy atom. The van der Waals surface area contributed by atoms with Gasteiger partial charge >= 0.3 is 0 Å². The van der Waals surface area contributed by atoms with E-state index in [1.807, 2.05) is 44.2 Å². The number of allylic oxidation sites excluding steroid dienone is 1. The summed E-state index contributed by atoms with van der Waals surface area (Å²) in [6.07, 6.45) is 1.55. The van der Waals surface area contributed by atoms with E-state index in [-0.39, 0.29) is 26.8 Å². The first-order valence-corrected chi connectivity index (χ1v) is 9.92. The molecular weight excluding hydrogens is 392 g/mol. The molecule has 1 aromatic heterocycles. The van der Waals surface area contributed by atoms with Crippen LogP contribution in [0, 0.1) is 21.5 Å². The van der Waals surface area contributed by atoms with Gasteiger partial charge in [-0.25, -0.2) is 0 Å². The number of rotatable bonds is 4. The molecule has 2 heterocycles. The number of nitrogens with one attached hydrogen (secondary N) is 1. The summed E-state index contributed by atoms with van der Waals surface area (Å²) in [6.45, 7) is 4.44. The molecule has 0 saturated heterocycles. The van der Waals surface area contributed by atoms with E-state index in [1.165, 1.54) is 9.13 Å². The van der Waals surface area contributed by atoms with Gasteiger partial charge in [0.25, 0.3) is 5.56 Å². The molecule has 0 unspecified atom stereocenters. The standard InChI is InChI=1S/C20H18N4O2S2/c1-3-23-18(25)13(19(26)24(4-2)20(23)27)10-15-16(12-8-6-5-7-9-12)14(11-21)17(22)28-15/h5-10,22,25H,3-4H2,1-2H3. The van der Waals surface area contributed by atoms with E-state index in [0.29, 0.717) is 23.6 Å². The number of aromatic nitrogens is 2. The monoisotopic (exact) mass is 410 g/mol. The smallest absolute Gasteiger partial charge is 0.265 e. The second-order valence-electron chi connectivity index (χ2n) is 5.98. The zero-order valence-electron chi connectivity index (χ0n) is 15.4. The van der Waals surface area contributed by atoms with Gasteiger partial charge < -0.3 is 5.11 Å². The number of nitrogens with zero attached hydrogens (tertiary/aromatic N) is 3. The highest BCUT2D eigenvalue weighted by Crippen LogP contribution is 2.44. The van der Waals surface area contributed by atoms with Gasteiger partial charge in [0.1, 0.15) is 16.7 Å². The Hall–Kier alpha value is -2.89. The highest BCUT2D eigenvalue weighted by atomic mass is 32.2. The molecule has 0 amide bonds. The molecule has 0 fully saturated rings. The zero-order chi connectivity index (χ0) is 20.4. The van der Waals surface area contributed by atoms with E-state index in [1.54, 1.807) is 6.08 Å². The van der Waals surface area contributed by atoms with E-state index in [0.717, 1.165) is 17.3 Å². The van der Waals surface area contributed by atoms with Crippen LogP contribution in [0.4, 0.5) is 0 Å². The summed E-state index contributed by atoms with van der Waals surface area (Å²) in [7, 11) is 0. The fraction of sp³-hybridized carbons (Fsp3) is 0.200. The molecule has 0 bridgehead atoms. The molecule has 0 radical (unpaired) electrons. The number of hydrogen-bond acceptors (Lipinski definition) is 6. The van der Waals surface area contributed by atoms with E-state index in [9.17, 15) is 15.2 Å². The third-order valence-electron chi connectivity index (χ3n) is 4.45. The molecule has 28 heavy (non-hydrogen) atoms. The number of hydrogen-bond donors (Lipinski definition) is 2. The van der Waals surface area contributed by atoms with Crippen LogP contribution in [-0.2, 0) is 13.1 Å². The van der Waals surface area contributed by atoms with Gasteiger partial charge in [0.2, 0.25) is 5.88 Å². The van der Waals surface area contributed by atoms with Crippen LogP contribution in [-0.4, -0.2) is 19.3 Å². The lowest BCUT2D eigenvalue weighted by atomic mass is 9.99. The van der Waals surface area contributed by atoms with Gasteiger partial charge in [0.15, 0.2) is 4.77 Å². The molecule has 3 rings (SSSR count). The minimum Gasteiger partial charge on any atom is -0.494 e. The van der Waals surface area contributed by atoms with Gasteiger partial charge in [-0.3, -0.25) is 19.3 Å². The molecule has 6 nitrogen and oxygen atoms in total. The van der Waals surface area contributed by atoms with E-state index in [4.69, 9.17) is 17.6 Å². The maximum atomic E-state index is 12.9. The molecule has 2 aromatic rings. The van der Waals surface area contributed by atoms with Crippen LogP contribution in [0.25, 0.3) is 11.6 Å². The molecular formula is C20H18N4O2S2. The summed E-state index contributed by atoms with van der Waals surface area (Å²) < 4.78 is 3.18. The Bertz CT molecular complexity index is 1180. The van der Waals surface area contributed by atoms with Gasteiger partial charge in [-0.2, -0.15) is 5.26 Å². The van der Waals surface area contributed by atoms with E-state index in [2.05, 4.69) is 6.07 Å². The molecule has 2 N–H and O–H groups in total. The van der Waals surface area contributed by atoms with Crippen LogP contribution in [0.3, 0.4) is 0 Å². The molecule has 1 aliphatic rings. The molecule has 0 saturated carbocycles. The predicted octanol–water partition coefficient (Wildman–Crippen LogP) is 4.17. The van der Waals surface area contributed by atoms with Crippen LogP contribution in [0.5, 0.6) is 5.88 Å². The minimum absolute atomic E-state index is 0.0974. The largest absolute Gasteiger partial charge is 0.494 e. The highest BCUT2D eigenvalue weighted by molar-refractivity contribution is 8.18. The van der Waals surface area contributed by atoms with Crippen molar-refractivity contribution >= 4 is 40.7 Å². The Labute approximate surface area is 171 Å². The normalized spacial score (nSPS) is 15.3. The number of thioether (sulfide) groups is 1. The lowest BCUT2D eigenvalue weighted by molar-refractivity contribution is 0.399. The van der Waals surface area contributed by atoms with Crippen molar-refractivity contribution in [2.75, 3.05) is 0 Å². The van der Waals surface area contributed by atoms with Crippen molar-refractivity contribution in [2.24, 2.45) is 0 Å². The summed E-state index contributed by atoms with van der Waals surface area (Å²) >= 11 is 6.41. The molecule has 142 valence electrons. The summed E-state index contributed by atoms with van der Waals surface area (Å²) in [5.74, 6) is -0.209. The van der Waals surface area contributed by atoms with Gasteiger partial charge in [-0.15, -0.1) is 0 Å². The lowest BCUT2D eigenvalue weighted by Gasteiger charge is -2.14. The molecule has 1 aliphatic heterocycles. The molecule has 0 spiro atoms. The number of aromatic hydroxyl groups is 1. The summed E-state index contributed by atoms with van der Waals surface area (Å²) in [4.78, 5) is 13.5. The third-order valence-corrected chi connectivity index (χ3v) is 5.84. The summed E-state index contributed by atoms with van der Waals surface area (Å²) in [6, 6.07) is 11.3. The average molecular weight is 411 g/mol. The fourth-order valence-electron chi connectivity index (χ4n) is 3.08. The predicted molar refractivity (Wildman–Crippen MR) is 115 cm³/mol. The topological polar surface area (TPSA) is 94.8 Å². The third kappa shape index (κ3) is 3.23. The second kappa shape index (κ2) is 8.00. The Balaban J connectivity index is 2.32. The maximum Gasteiger partial charge on any atom is 0.265 e.